The van der Waals surface area contributed by atoms with Crippen LogP contribution in [0.1, 0.15) is 118 Å². The number of hydrogen-bond acceptors (Lipinski definition) is 0. The standard InChI is InChI=1S/C21H45N.BrH/c1-5-6-7-8-13-16-19-22-20-17-14-11-9-10-12-15-18-21(2,3)4;/h22H,5-20H2,1-4H3;1H. The highest BCUT2D eigenvalue weighted by atomic mass is 79.9. The highest BCUT2D eigenvalue weighted by Gasteiger charge is 2.08. The van der Waals surface area contributed by atoms with E-state index in [-0.39, 0.29) is 17.0 Å². The molecule has 0 aromatic carbocycles. The Labute approximate surface area is 158 Å². The van der Waals surface area contributed by atoms with E-state index in [1.165, 1.54) is 103 Å². The van der Waals surface area contributed by atoms with Gasteiger partial charge in [-0.15, -0.1) is 0 Å². The second kappa shape index (κ2) is 18.8. The van der Waals surface area contributed by atoms with Crippen molar-refractivity contribution in [1.82, 2.24) is 0 Å². The summed E-state index contributed by atoms with van der Waals surface area (Å²) in [7, 11) is 0. The van der Waals surface area contributed by atoms with Crippen LogP contribution in [0.25, 0.3) is 0 Å². The fourth-order valence-corrected chi connectivity index (χ4v) is 3.04. The Balaban J connectivity index is 0. The molecule has 2 N–H and O–H groups in total. The normalized spacial score (nSPS) is 11.5. The van der Waals surface area contributed by atoms with Gasteiger partial charge >= 0.3 is 0 Å². The lowest BCUT2D eigenvalue weighted by Gasteiger charge is -2.17. The van der Waals surface area contributed by atoms with Crippen molar-refractivity contribution < 1.29 is 22.3 Å². The number of unbranched alkanes of at least 4 members (excludes halogenated alkanes) is 11. The molecule has 0 bridgehead atoms. The summed E-state index contributed by atoms with van der Waals surface area (Å²) >= 11 is 0. The van der Waals surface area contributed by atoms with Gasteiger partial charge in [-0.05, 0) is 37.5 Å². The molecule has 0 amide bonds. The monoisotopic (exact) mass is 391 g/mol. The summed E-state index contributed by atoms with van der Waals surface area (Å²) in [6.07, 6.45) is 20.1. The first kappa shape index (κ1) is 25.7. The molecule has 0 aliphatic carbocycles. The molecule has 0 atom stereocenters. The van der Waals surface area contributed by atoms with Crippen LogP contribution in [0.15, 0.2) is 0 Å². The summed E-state index contributed by atoms with van der Waals surface area (Å²) in [5, 5.41) is 2.54. The molecule has 0 aliphatic heterocycles. The third-order valence-electron chi connectivity index (χ3n) is 4.60. The van der Waals surface area contributed by atoms with Gasteiger partial charge in [0.2, 0.25) is 0 Å². The Morgan fingerprint density at radius 2 is 0.957 bits per heavy atom. The van der Waals surface area contributed by atoms with Crippen LogP contribution in [0.4, 0.5) is 0 Å². The molecule has 0 radical (unpaired) electrons. The van der Waals surface area contributed by atoms with Gasteiger partial charge in [0.05, 0.1) is 13.1 Å². The van der Waals surface area contributed by atoms with E-state index < -0.39 is 0 Å². The van der Waals surface area contributed by atoms with E-state index in [9.17, 15) is 0 Å². The van der Waals surface area contributed by atoms with E-state index in [0.717, 1.165) is 0 Å². The van der Waals surface area contributed by atoms with Crippen molar-refractivity contribution in [1.29, 1.82) is 0 Å². The van der Waals surface area contributed by atoms with Crippen LogP contribution < -0.4 is 22.3 Å². The van der Waals surface area contributed by atoms with Gasteiger partial charge in [-0.1, -0.05) is 85.5 Å². The molecule has 23 heavy (non-hydrogen) atoms. The maximum Gasteiger partial charge on any atom is 0.0755 e. The minimum Gasteiger partial charge on any atom is -1.00 e. The fourth-order valence-electron chi connectivity index (χ4n) is 3.04. The summed E-state index contributed by atoms with van der Waals surface area (Å²) in [6, 6.07) is 0. The molecular formula is C21H46BrN. The summed E-state index contributed by atoms with van der Waals surface area (Å²) in [4.78, 5) is 0. The van der Waals surface area contributed by atoms with Crippen LogP contribution >= 0.6 is 0 Å². The Morgan fingerprint density at radius 1 is 0.565 bits per heavy atom. The molecule has 2 heteroatoms. The predicted octanol–water partition coefficient (Wildman–Crippen LogP) is 3.08. The first-order valence-electron chi connectivity index (χ1n) is 10.4. The number of hydrogen-bond donors (Lipinski definition) is 1. The van der Waals surface area contributed by atoms with Crippen molar-refractivity contribution in [3.8, 4) is 0 Å². The summed E-state index contributed by atoms with van der Waals surface area (Å²) < 4.78 is 0. The van der Waals surface area contributed by atoms with E-state index in [2.05, 4.69) is 33.0 Å². The third kappa shape index (κ3) is 24.8. The third-order valence-corrected chi connectivity index (χ3v) is 4.60. The summed E-state index contributed by atoms with van der Waals surface area (Å²) in [5.74, 6) is 0. The van der Waals surface area contributed by atoms with Gasteiger partial charge in [-0.25, -0.2) is 0 Å². The quantitative estimate of drug-likeness (QED) is 0.389. The zero-order valence-electron chi connectivity index (χ0n) is 16.8. The number of nitrogens with two attached hydrogens (primary N) is 1. The lowest BCUT2D eigenvalue weighted by atomic mass is 9.89. The van der Waals surface area contributed by atoms with Crippen molar-refractivity contribution in [3.05, 3.63) is 0 Å². The van der Waals surface area contributed by atoms with Crippen LogP contribution in [0.2, 0.25) is 0 Å². The van der Waals surface area contributed by atoms with Gasteiger partial charge < -0.3 is 22.3 Å². The van der Waals surface area contributed by atoms with Crippen LogP contribution in [0.5, 0.6) is 0 Å². The SMILES string of the molecule is CCCCCCCC[NH2+]CCCCCCCCCC(C)(C)C.[Br-]. The molecular weight excluding hydrogens is 346 g/mol. The van der Waals surface area contributed by atoms with Crippen molar-refractivity contribution in [2.75, 3.05) is 13.1 Å². The van der Waals surface area contributed by atoms with E-state index in [0.29, 0.717) is 5.41 Å². The molecule has 0 fully saturated rings. The summed E-state index contributed by atoms with van der Waals surface area (Å²) in [6.45, 7) is 12.1. The number of rotatable bonds is 16. The van der Waals surface area contributed by atoms with Gasteiger partial charge in [-0.3, -0.25) is 0 Å². The zero-order chi connectivity index (χ0) is 16.5. The molecule has 0 aromatic rings. The molecule has 1 nitrogen and oxygen atoms in total. The lowest BCUT2D eigenvalue weighted by molar-refractivity contribution is -0.655. The molecule has 142 valence electrons. The van der Waals surface area contributed by atoms with Crippen molar-refractivity contribution in [3.63, 3.8) is 0 Å². The average Bonchev–Trinajstić information content (AvgIpc) is 2.45. The van der Waals surface area contributed by atoms with Crippen molar-refractivity contribution >= 4 is 0 Å². The zero-order valence-corrected chi connectivity index (χ0v) is 18.4. The molecule has 0 spiro atoms. The van der Waals surface area contributed by atoms with Crippen LogP contribution in [0.3, 0.4) is 0 Å². The Bertz CT molecular complexity index is 210. The summed E-state index contributed by atoms with van der Waals surface area (Å²) in [5.41, 5.74) is 0.534. The topological polar surface area (TPSA) is 16.6 Å². The van der Waals surface area contributed by atoms with Gasteiger partial charge in [0.25, 0.3) is 0 Å². The van der Waals surface area contributed by atoms with Crippen LogP contribution in [-0.4, -0.2) is 13.1 Å². The Morgan fingerprint density at radius 3 is 1.39 bits per heavy atom. The molecule has 0 saturated carbocycles. The van der Waals surface area contributed by atoms with E-state index in [1.807, 2.05) is 0 Å². The van der Waals surface area contributed by atoms with Gasteiger partial charge in [0.15, 0.2) is 0 Å². The van der Waals surface area contributed by atoms with Crippen molar-refractivity contribution in [2.45, 2.75) is 118 Å². The Hall–Kier alpha value is 0.440. The maximum atomic E-state index is 2.54. The highest BCUT2D eigenvalue weighted by molar-refractivity contribution is 4.61. The number of halogens is 1. The molecule has 0 rings (SSSR count). The van der Waals surface area contributed by atoms with Crippen LogP contribution in [0, 0.1) is 5.41 Å². The molecule has 0 saturated heterocycles. The second-order valence-electron chi connectivity index (χ2n) is 8.42. The molecule has 0 heterocycles. The minimum absolute atomic E-state index is 0. The average molecular weight is 393 g/mol. The van der Waals surface area contributed by atoms with Gasteiger partial charge in [-0.2, -0.15) is 0 Å². The number of quaternary nitrogens is 1. The van der Waals surface area contributed by atoms with Crippen molar-refractivity contribution in [2.24, 2.45) is 5.41 Å². The molecule has 0 aliphatic rings. The molecule has 0 aromatic heterocycles. The second-order valence-corrected chi connectivity index (χ2v) is 8.42. The van der Waals surface area contributed by atoms with Gasteiger partial charge in [0, 0.05) is 0 Å². The van der Waals surface area contributed by atoms with E-state index in [4.69, 9.17) is 0 Å². The fraction of sp³-hybridized carbons (Fsp3) is 1.00. The first-order valence-corrected chi connectivity index (χ1v) is 10.4. The minimum atomic E-state index is 0. The predicted molar refractivity (Wildman–Crippen MR) is 101 cm³/mol. The molecule has 0 unspecified atom stereocenters. The largest absolute Gasteiger partial charge is 1.00 e. The lowest BCUT2D eigenvalue weighted by Crippen LogP contribution is -3.00. The van der Waals surface area contributed by atoms with Crippen LogP contribution in [-0.2, 0) is 0 Å². The van der Waals surface area contributed by atoms with E-state index >= 15 is 0 Å². The van der Waals surface area contributed by atoms with Gasteiger partial charge in [0.1, 0.15) is 0 Å². The maximum absolute atomic E-state index is 2.54. The highest BCUT2D eigenvalue weighted by Crippen LogP contribution is 2.22. The smallest absolute Gasteiger partial charge is 0.0755 e. The Kier molecular flexibility index (Phi) is 21.0. The first-order chi connectivity index (χ1) is 10.6. The van der Waals surface area contributed by atoms with E-state index in [1.54, 1.807) is 0 Å².